The van der Waals surface area contributed by atoms with E-state index in [-0.39, 0.29) is 5.92 Å². The van der Waals surface area contributed by atoms with Crippen molar-refractivity contribution >= 4 is 0 Å². The molecule has 4 saturated carbocycles. The molecule has 258 valence electrons. The van der Waals surface area contributed by atoms with E-state index in [1.807, 2.05) is 12.1 Å². The average Bonchev–Trinajstić information content (AvgIpc) is 3.12. The van der Waals surface area contributed by atoms with Gasteiger partial charge in [0.1, 0.15) is 17.2 Å². The molecule has 3 N–H and O–H groups in total. The van der Waals surface area contributed by atoms with Crippen molar-refractivity contribution in [1.29, 1.82) is 0 Å². The number of hydrogen-bond acceptors (Lipinski definition) is 3. The van der Waals surface area contributed by atoms with Gasteiger partial charge in [0.15, 0.2) is 0 Å². The van der Waals surface area contributed by atoms with Crippen LogP contribution in [0.25, 0.3) is 0 Å². The molecule has 3 aromatic carbocycles. The molecule has 0 saturated heterocycles. The fourth-order valence-electron chi connectivity index (χ4n) is 10.7. The Bertz CT molecular complexity index is 1470. The van der Waals surface area contributed by atoms with Gasteiger partial charge in [-0.25, -0.2) is 0 Å². The highest BCUT2D eigenvalue weighted by atomic mass is 16.3. The lowest BCUT2D eigenvalue weighted by Crippen LogP contribution is -2.17. The summed E-state index contributed by atoms with van der Waals surface area (Å²) in [6.45, 7) is 4.52. The first-order chi connectivity index (χ1) is 23.4. The maximum absolute atomic E-state index is 12.2. The Morgan fingerprint density at radius 1 is 0.458 bits per heavy atom. The average molecular weight is 649 g/mol. The van der Waals surface area contributed by atoms with E-state index in [1.165, 1.54) is 110 Å². The van der Waals surface area contributed by atoms with Gasteiger partial charge in [-0.2, -0.15) is 0 Å². The summed E-state index contributed by atoms with van der Waals surface area (Å²) in [4.78, 5) is 0. The van der Waals surface area contributed by atoms with Gasteiger partial charge in [-0.1, -0.05) is 107 Å². The maximum atomic E-state index is 12.2. The Morgan fingerprint density at radius 3 is 1.19 bits per heavy atom. The van der Waals surface area contributed by atoms with Crippen LogP contribution in [0.15, 0.2) is 36.4 Å². The minimum Gasteiger partial charge on any atom is -0.508 e. The molecule has 3 nitrogen and oxygen atoms in total. The molecule has 0 bridgehead atoms. The lowest BCUT2D eigenvalue weighted by molar-refractivity contribution is 0.390. The molecule has 0 amide bonds. The normalized spacial score (nSPS) is 20.8. The predicted octanol–water partition coefficient (Wildman–Crippen LogP) is 12.8. The maximum Gasteiger partial charge on any atom is 0.122 e. The molecule has 0 radical (unpaired) electrons. The van der Waals surface area contributed by atoms with Gasteiger partial charge in [0, 0.05) is 22.6 Å². The molecule has 0 aliphatic heterocycles. The molecule has 0 heterocycles. The highest BCUT2D eigenvalue weighted by molar-refractivity contribution is 5.63. The lowest BCUT2D eigenvalue weighted by atomic mass is 9.70. The van der Waals surface area contributed by atoms with Crippen LogP contribution < -0.4 is 0 Å². The van der Waals surface area contributed by atoms with Crippen LogP contribution in [0.1, 0.15) is 208 Å². The zero-order chi connectivity index (χ0) is 33.2. The molecule has 3 heteroatoms. The van der Waals surface area contributed by atoms with Crippen LogP contribution in [-0.4, -0.2) is 15.3 Å². The van der Waals surface area contributed by atoms with Crippen LogP contribution in [0, 0.1) is 13.8 Å². The van der Waals surface area contributed by atoms with E-state index in [4.69, 9.17) is 0 Å². The van der Waals surface area contributed by atoms with Gasteiger partial charge in [0.05, 0.1) is 0 Å². The molecule has 4 aliphatic rings. The molecular formula is C45H60O3. The second kappa shape index (κ2) is 14.9. The van der Waals surface area contributed by atoms with E-state index in [0.29, 0.717) is 40.9 Å². The number of hydrogen-bond donors (Lipinski definition) is 3. The molecule has 3 aromatic rings. The second-order valence-corrected chi connectivity index (χ2v) is 16.2. The van der Waals surface area contributed by atoms with Crippen molar-refractivity contribution < 1.29 is 15.3 Å². The molecule has 0 spiro atoms. The van der Waals surface area contributed by atoms with E-state index in [2.05, 4.69) is 38.1 Å². The van der Waals surface area contributed by atoms with Crippen molar-refractivity contribution in [2.75, 3.05) is 0 Å². The number of aromatic hydroxyl groups is 3. The number of para-hydroxylation sites is 1. The van der Waals surface area contributed by atoms with Crippen molar-refractivity contribution in [2.45, 2.75) is 172 Å². The first kappa shape index (κ1) is 33.6. The Hall–Kier alpha value is -2.94. The van der Waals surface area contributed by atoms with E-state index >= 15 is 0 Å². The highest BCUT2D eigenvalue weighted by Crippen LogP contribution is 2.53. The Labute approximate surface area is 290 Å². The fourth-order valence-corrected chi connectivity index (χ4v) is 10.7. The molecule has 4 fully saturated rings. The quantitative estimate of drug-likeness (QED) is 0.223. The largest absolute Gasteiger partial charge is 0.508 e. The van der Waals surface area contributed by atoms with Crippen LogP contribution in [0.5, 0.6) is 17.2 Å². The number of phenols is 3. The molecule has 0 aromatic heterocycles. The number of phenolic OH excluding ortho intramolecular Hbond substituents is 3. The van der Waals surface area contributed by atoms with E-state index in [9.17, 15) is 15.3 Å². The first-order valence-corrected chi connectivity index (χ1v) is 19.9. The lowest BCUT2D eigenvalue weighted by Gasteiger charge is -2.34. The highest BCUT2D eigenvalue weighted by Gasteiger charge is 2.35. The fraction of sp³-hybridized carbons (Fsp3) is 0.600. The van der Waals surface area contributed by atoms with Crippen molar-refractivity contribution in [3.05, 3.63) is 86.5 Å². The van der Waals surface area contributed by atoms with Crippen molar-refractivity contribution in [3.8, 4) is 17.2 Å². The van der Waals surface area contributed by atoms with Crippen molar-refractivity contribution in [1.82, 2.24) is 0 Å². The van der Waals surface area contributed by atoms with Crippen molar-refractivity contribution in [3.63, 3.8) is 0 Å². The zero-order valence-corrected chi connectivity index (χ0v) is 29.8. The Balaban J connectivity index is 1.50. The van der Waals surface area contributed by atoms with Gasteiger partial charge in [0.25, 0.3) is 0 Å². The van der Waals surface area contributed by atoms with E-state index in [0.717, 1.165) is 68.1 Å². The van der Waals surface area contributed by atoms with Gasteiger partial charge >= 0.3 is 0 Å². The summed E-state index contributed by atoms with van der Waals surface area (Å²) in [5.41, 5.74) is 10.5. The van der Waals surface area contributed by atoms with E-state index < -0.39 is 0 Å². The second-order valence-electron chi connectivity index (χ2n) is 16.2. The third-order valence-corrected chi connectivity index (χ3v) is 13.3. The zero-order valence-electron chi connectivity index (χ0n) is 29.8. The van der Waals surface area contributed by atoms with Gasteiger partial charge in [-0.15, -0.1) is 0 Å². The van der Waals surface area contributed by atoms with Crippen LogP contribution in [0.4, 0.5) is 0 Å². The van der Waals surface area contributed by atoms with Crippen LogP contribution in [0.3, 0.4) is 0 Å². The molecular weight excluding hydrogens is 588 g/mol. The Kier molecular flexibility index (Phi) is 10.4. The van der Waals surface area contributed by atoms with Crippen LogP contribution in [0.2, 0.25) is 0 Å². The van der Waals surface area contributed by atoms with E-state index in [1.54, 1.807) is 0 Å². The minimum absolute atomic E-state index is 0.179. The third-order valence-electron chi connectivity index (χ3n) is 13.3. The van der Waals surface area contributed by atoms with Gasteiger partial charge in [0.2, 0.25) is 0 Å². The van der Waals surface area contributed by atoms with Crippen LogP contribution in [-0.2, 0) is 0 Å². The number of benzene rings is 3. The number of rotatable bonds is 7. The van der Waals surface area contributed by atoms with Crippen LogP contribution >= 0.6 is 0 Å². The molecule has 7 rings (SSSR count). The van der Waals surface area contributed by atoms with Gasteiger partial charge in [-0.05, 0) is 128 Å². The summed E-state index contributed by atoms with van der Waals surface area (Å²) in [5.74, 6) is 2.80. The summed E-state index contributed by atoms with van der Waals surface area (Å²) >= 11 is 0. The van der Waals surface area contributed by atoms with Gasteiger partial charge < -0.3 is 15.3 Å². The Morgan fingerprint density at radius 2 is 0.812 bits per heavy atom. The molecule has 4 aliphatic carbocycles. The molecule has 0 atom stereocenters. The summed E-state index contributed by atoms with van der Waals surface area (Å²) in [7, 11) is 0. The first-order valence-electron chi connectivity index (χ1n) is 19.9. The molecule has 48 heavy (non-hydrogen) atoms. The minimum atomic E-state index is -0.179. The standard InChI is InChI=1S/C45H60O3/c1-29-36(27-38(31-17-7-3-8-18-31)44(47)41(29)33-21-11-5-12-22-33)43(35-25-15-16-26-40(35)46)37-28-39(32-19-9-4-10-20-32)45(48)42(30(37)2)34-23-13-6-14-24-34/h15-16,25-28,31-34,43,46-48H,3-14,17-24H2,1-2H3. The topological polar surface area (TPSA) is 60.7 Å². The SMILES string of the molecule is Cc1c(C(c2ccccc2O)c2cc(C3CCCCC3)c(O)c(C3CCCCC3)c2C)cc(C2CCCCC2)c(O)c1C1CCCCC1. The van der Waals surface area contributed by atoms with Gasteiger partial charge in [-0.3, -0.25) is 0 Å². The smallest absolute Gasteiger partial charge is 0.122 e. The summed E-state index contributed by atoms with van der Waals surface area (Å²) in [6.07, 6.45) is 24.0. The van der Waals surface area contributed by atoms with Crippen molar-refractivity contribution in [2.24, 2.45) is 0 Å². The molecule has 0 unspecified atom stereocenters. The summed E-state index contributed by atoms with van der Waals surface area (Å²) < 4.78 is 0. The monoisotopic (exact) mass is 648 g/mol. The summed E-state index contributed by atoms with van der Waals surface area (Å²) in [6, 6.07) is 12.7. The third kappa shape index (κ3) is 6.52. The summed E-state index contributed by atoms with van der Waals surface area (Å²) in [5, 5.41) is 36.1. The predicted molar refractivity (Wildman–Crippen MR) is 198 cm³/mol.